The van der Waals surface area contributed by atoms with E-state index in [9.17, 15) is 14.4 Å². The van der Waals surface area contributed by atoms with E-state index in [0.29, 0.717) is 16.3 Å². The lowest BCUT2D eigenvalue weighted by atomic mass is 9.93. The van der Waals surface area contributed by atoms with Gasteiger partial charge in [0, 0.05) is 10.6 Å². The minimum atomic E-state index is -1.21. The molecule has 2 aliphatic heterocycles. The Kier molecular flexibility index (Phi) is 4.56. The van der Waals surface area contributed by atoms with Gasteiger partial charge in [0.15, 0.2) is 0 Å². The van der Waals surface area contributed by atoms with E-state index >= 15 is 0 Å². The summed E-state index contributed by atoms with van der Waals surface area (Å²) in [6.45, 7) is 0. The first-order chi connectivity index (χ1) is 13.4. The molecule has 7 nitrogen and oxygen atoms in total. The maximum atomic E-state index is 13.0. The van der Waals surface area contributed by atoms with Crippen molar-refractivity contribution in [2.75, 3.05) is 12.0 Å². The summed E-state index contributed by atoms with van der Waals surface area (Å²) in [5, 5.41) is 4.20. The Morgan fingerprint density at radius 3 is 2.50 bits per heavy atom. The topological polar surface area (TPSA) is 85.3 Å². The number of carbonyl (C=O) groups excluding carboxylic acids is 3. The van der Waals surface area contributed by atoms with Crippen LogP contribution in [0.1, 0.15) is 10.4 Å². The van der Waals surface area contributed by atoms with Crippen molar-refractivity contribution in [3.8, 4) is 5.75 Å². The molecule has 1 fully saturated rings. The summed E-state index contributed by atoms with van der Waals surface area (Å²) in [7, 11) is 1.51. The van der Waals surface area contributed by atoms with Crippen molar-refractivity contribution < 1.29 is 24.0 Å². The molecule has 142 valence electrons. The molecule has 2 amide bonds. The van der Waals surface area contributed by atoms with Crippen molar-refractivity contribution in [3.63, 3.8) is 0 Å². The lowest BCUT2D eigenvalue weighted by Crippen LogP contribution is -2.34. The number of oxime groups is 1. The zero-order valence-corrected chi connectivity index (χ0v) is 15.9. The van der Waals surface area contributed by atoms with Crippen LogP contribution in [0.5, 0.6) is 5.75 Å². The molecule has 0 radical (unpaired) electrons. The van der Waals surface area contributed by atoms with Gasteiger partial charge in [-0.2, -0.15) is 0 Å². The third kappa shape index (κ3) is 2.83. The summed E-state index contributed by atoms with van der Waals surface area (Å²) in [5.74, 6) is -2.36. The fourth-order valence-electron chi connectivity index (χ4n) is 3.15. The zero-order chi connectivity index (χ0) is 20.0. The molecule has 0 spiro atoms. The average Bonchev–Trinajstić information content (AvgIpc) is 3.24. The number of rotatable bonds is 4. The minimum Gasteiger partial charge on any atom is -0.497 e. The smallest absolute Gasteiger partial charge is 0.279 e. The SMILES string of the molecule is COc1ccc(C(=O)C2=NO[C@@H]3C(=O)N(c4cc(Cl)ccc4Cl)C(=O)[C@H]23)cc1. The molecule has 2 aromatic rings. The van der Waals surface area contributed by atoms with Gasteiger partial charge in [0.1, 0.15) is 17.4 Å². The number of imide groups is 1. The molecule has 0 aliphatic carbocycles. The molecule has 0 aromatic heterocycles. The Bertz CT molecular complexity index is 1040. The Morgan fingerprint density at radius 2 is 1.82 bits per heavy atom. The first-order valence-electron chi connectivity index (χ1n) is 8.17. The number of amides is 2. The second-order valence-corrected chi connectivity index (χ2v) is 6.99. The predicted molar refractivity (Wildman–Crippen MR) is 102 cm³/mol. The lowest BCUT2D eigenvalue weighted by Gasteiger charge is -2.17. The van der Waals surface area contributed by atoms with Gasteiger partial charge in [0.05, 0.1) is 17.8 Å². The van der Waals surface area contributed by atoms with Crippen LogP contribution < -0.4 is 9.64 Å². The van der Waals surface area contributed by atoms with Gasteiger partial charge >= 0.3 is 0 Å². The second kappa shape index (κ2) is 6.92. The van der Waals surface area contributed by atoms with Crippen molar-refractivity contribution in [1.29, 1.82) is 0 Å². The first kappa shape index (κ1) is 18.5. The van der Waals surface area contributed by atoms with Crippen LogP contribution in [0, 0.1) is 5.92 Å². The Hall–Kier alpha value is -2.90. The van der Waals surface area contributed by atoms with Gasteiger partial charge in [0.2, 0.25) is 17.8 Å². The van der Waals surface area contributed by atoms with Crippen LogP contribution in [0.4, 0.5) is 5.69 Å². The number of carbonyl (C=O) groups is 3. The lowest BCUT2D eigenvalue weighted by molar-refractivity contribution is -0.126. The second-order valence-electron chi connectivity index (χ2n) is 6.15. The van der Waals surface area contributed by atoms with Crippen LogP contribution in [-0.4, -0.2) is 36.5 Å². The number of ketones is 1. The summed E-state index contributed by atoms with van der Waals surface area (Å²) in [6, 6.07) is 10.7. The van der Waals surface area contributed by atoms with Crippen LogP contribution in [0.15, 0.2) is 47.6 Å². The molecule has 2 aliphatic rings. The Balaban J connectivity index is 1.66. The van der Waals surface area contributed by atoms with Crippen LogP contribution in [0.2, 0.25) is 10.0 Å². The third-order valence-corrected chi connectivity index (χ3v) is 5.10. The normalized spacial score (nSPS) is 20.7. The van der Waals surface area contributed by atoms with Gasteiger partial charge in [-0.1, -0.05) is 28.4 Å². The van der Waals surface area contributed by atoms with E-state index in [1.165, 1.54) is 25.3 Å². The Morgan fingerprint density at radius 1 is 1.11 bits per heavy atom. The standard InChI is InChI=1S/C19H12Cl2N2O5/c1-27-11-5-2-9(3-6-11)16(24)15-14-17(28-22-15)19(26)23(18(14)25)13-8-10(20)4-7-12(13)21/h2-8,14,17H,1H3/t14-,17+/m1/s1. The van der Waals surface area contributed by atoms with Crippen LogP contribution in [-0.2, 0) is 14.4 Å². The van der Waals surface area contributed by atoms with Gasteiger partial charge in [-0.25, -0.2) is 4.90 Å². The quantitative estimate of drug-likeness (QED) is 0.562. The number of halogens is 2. The van der Waals surface area contributed by atoms with E-state index in [2.05, 4.69) is 5.16 Å². The number of hydrogen-bond donors (Lipinski definition) is 0. The van der Waals surface area contributed by atoms with Gasteiger partial charge in [-0.15, -0.1) is 0 Å². The fourth-order valence-corrected chi connectivity index (χ4v) is 3.52. The molecule has 0 bridgehead atoms. The summed E-state index contributed by atoms with van der Waals surface area (Å²) in [6.07, 6.45) is -1.21. The highest BCUT2D eigenvalue weighted by Crippen LogP contribution is 2.38. The molecular weight excluding hydrogens is 407 g/mol. The summed E-state index contributed by atoms with van der Waals surface area (Å²) < 4.78 is 5.06. The Labute approximate surface area is 169 Å². The summed E-state index contributed by atoms with van der Waals surface area (Å²) >= 11 is 12.1. The number of Topliss-reactive ketones (excluding diaryl/α,β-unsaturated/α-hetero) is 1. The van der Waals surface area contributed by atoms with E-state index in [1.54, 1.807) is 24.3 Å². The zero-order valence-electron chi connectivity index (χ0n) is 14.4. The van der Waals surface area contributed by atoms with E-state index in [0.717, 1.165) is 4.90 Å². The molecule has 0 N–H and O–H groups in total. The fraction of sp³-hybridized carbons (Fsp3) is 0.158. The molecule has 2 aromatic carbocycles. The van der Waals surface area contributed by atoms with E-state index in [-0.39, 0.29) is 16.4 Å². The summed E-state index contributed by atoms with van der Waals surface area (Å²) in [5.41, 5.74) is 0.302. The molecule has 2 heterocycles. The highest BCUT2D eigenvalue weighted by atomic mass is 35.5. The van der Waals surface area contributed by atoms with E-state index in [4.69, 9.17) is 32.8 Å². The number of anilines is 1. The van der Waals surface area contributed by atoms with E-state index < -0.39 is 29.6 Å². The largest absolute Gasteiger partial charge is 0.497 e. The molecule has 0 saturated carbocycles. The first-order valence-corrected chi connectivity index (χ1v) is 8.93. The highest BCUT2D eigenvalue weighted by molar-refractivity contribution is 6.53. The molecule has 0 unspecified atom stereocenters. The van der Waals surface area contributed by atoms with Crippen molar-refractivity contribution in [1.82, 2.24) is 0 Å². The number of methoxy groups -OCH3 is 1. The van der Waals surface area contributed by atoms with Gasteiger partial charge in [-0.3, -0.25) is 14.4 Å². The molecule has 1 saturated heterocycles. The number of hydrogen-bond acceptors (Lipinski definition) is 6. The van der Waals surface area contributed by atoms with Crippen molar-refractivity contribution >= 4 is 52.2 Å². The molecule has 9 heteroatoms. The predicted octanol–water partition coefficient (Wildman–Crippen LogP) is 3.13. The minimum absolute atomic E-state index is 0.130. The maximum Gasteiger partial charge on any atom is 0.279 e. The van der Waals surface area contributed by atoms with Crippen molar-refractivity contribution in [3.05, 3.63) is 58.1 Å². The van der Waals surface area contributed by atoms with Crippen molar-refractivity contribution in [2.24, 2.45) is 11.1 Å². The molecule has 4 rings (SSSR count). The monoisotopic (exact) mass is 418 g/mol. The van der Waals surface area contributed by atoms with Gasteiger partial charge in [-0.05, 0) is 42.5 Å². The third-order valence-electron chi connectivity index (χ3n) is 4.55. The molecule has 2 atom stereocenters. The molecule has 28 heavy (non-hydrogen) atoms. The average molecular weight is 419 g/mol. The summed E-state index contributed by atoms with van der Waals surface area (Å²) in [4.78, 5) is 44.6. The van der Waals surface area contributed by atoms with Crippen LogP contribution in [0.25, 0.3) is 0 Å². The van der Waals surface area contributed by atoms with Crippen molar-refractivity contribution in [2.45, 2.75) is 6.10 Å². The number of ether oxygens (including phenoxy) is 1. The van der Waals surface area contributed by atoms with Crippen LogP contribution >= 0.6 is 23.2 Å². The highest BCUT2D eigenvalue weighted by Gasteiger charge is 2.57. The number of benzene rings is 2. The maximum absolute atomic E-state index is 13.0. The number of fused-ring (bicyclic) bond motifs is 1. The van der Waals surface area contributed by atoms with E-state index in [1.807, 2.05) is 0 Å². The van der Waals surface area contributed by atoms with Crippen LogP contribution in [0.3, 0.4) is 0 Å². The number of nitrogens with zero attached hydrogens (tertiary/aromatic N) is 2. The van der Waals surface area contributed by atoms with Gasteiger partial charge in [0.25, 0.3) is 5.91 Å². The van der Waals surface area contributed by atoms with Gasteiger partial charge < -0.3 is 9.57 Å². The molecular formula is C19H12Cl2N2O5.